The van der Waals surface area contributed by atoms with E-state index in [-0.39, 0.29) is 12.5 Å². The number of carbonyl (C=O) groups is 1. The topological polar surface area (TPSA) is 62.5 Å². The summed E-state index contributed by atoms with van der Waals surface area (Å²) >= 11 is 1.48. The fraction of sp³-hybridized carbons (Fsp3) is 0.417. The summed E-state index contributed by atoms with van der Waals surface area (Å²) in [6.07, 6.45) is 3.07. The van der Waals surface area contributed by atoms with Crippen molar-refractivity contribution in [1.29, 1.82) is 0 Å². The van der Waals surface area contributed by atoms with Crippen molar-refractivity contribution >= 4 is 17.7 Å². The highest BCUT2D eigenvalue weighted by molar-refractivity contribution is 8.01. The molecule has 0 atom stereocenters. The van der Waals surface area contributed by atoms with Crippen LogP contribution >= 0.6 is 11.8 Å². The summed E-state index contributed by atoms with van der Waals surface area (Å²) < 4.78 is 5.15. The molecule has 2 N–H and O–H groups in total. The van der Waals surface area contributed by atoms with Gasteiger partial charge in [-0.1, -0.05) is 0 Å². The minimum absolute atomic E-state index is 0.0912. The summed E-state index contributed by atoms with van der Waals surface area (Å²) in [5, 5.41) is 13.4. The van der Waals surface area contributed by atoms with Gasteiger partial charge in [0.15, 0.2) is 0 Å². The highest BCUT2D eigenvalue weighted by Crippen LogP contribution is 2.13. The summed E-state index contributed by atoms with van der Waals surface area (Å²) in [4.78, 5) is 11.4. The number of rotatable bonds is 6. The molecule has 0 unspecified atom stereocenters. The van der Waals surface area contributed by atoms with Crippen molar-refractivity contribution in [3.8, 4) is 0 Å². The fourth-order valence-electron chi connectivity index (χ4n) is 1.05. The van der Waals surface area contributed by atoms with Crippen LogP contribution in [-0.4, -0.2) is 23.2 Å². The molecular weight excluding hydrogens is 238 g/mol. The minimum atomic E-state index is -0.590. The van der Waals surface area contributed by atoms with Crippen molar-refractivity contribution in [3.63, 3.8) is 0 Å². The van der Waals surface area contributed by atoms with Crippen LogP contribution in [-0.2, 0) is 10.5 Å². The van der Waals surface area contributed by atoms with Gasteiger partial charge in [-0.05, 0) is 31.4 Å². The Hall–Kier alpha value is -1.20. The molecule has 5 heteroatoms. The molecule has 94 valence electrons. The molecule has 0 saturated heterocycles. The quantitative estimate of drug-likeness (QED) is 0.762. The van der Waals surface area contributed by atoms with Crippen molar-refractivity contribution in [2.24, 2.45) is 0 Å². The molecule has 17 heavy (non-hydrogen) atoms. The predicted molar refractivity (Wildman–Crippen MR) is 68.5 cm³/mol. The molecule has 1 heterocycles. The van der Waals surface area contributed by atoms with Gasteiger partial charge in [-0.2, -0.15) is 0 Å². The number of aliphatic hydroxyl groups is 1. The van der Waals surface area contributed by atoms with E-state index in [4.69, 9.17) is 9.52 Å². The molecule has 0 bridgehead atoms. The molecule has 0 saturated carbocycles. The highest BCUT2D eigenvalue weighted by atomic mass is 32.2. The van der Waals surface area contributed by atoms with Crippen LogP contribution in [0.4, 0.5) is 0 Å². The SMILES string of the molecule is CC(C)(CO)NC(=O)/C=C/SCc1ccco1. The molecule has 0 radical (unpaired) electrons. The minimum Gasteiger partial charge on any atom is -0.468 e. The van der Waals surface area contributed by atoms with Gasteiger partial charge in [0.2, 0.25) is 5.91 Å². The lowest BCUT2D eigenvalue weighted by Crippen LogP contribution is -2.45. The van der Waals surface area contributed by atoms with E-state index in [2.05, 4.69) is 5.32 Å². The average molecular weight is 255 g/mol. The lowest BCUT2D eigenvalue weighted by Gasteiger charge is -2.22. The molecule has 1 aromatic heterocycles. The Bertz CT molecular complexity index is 371. The van der Waals surface area contributed by atoms with Gasteiger partial charge in [0.25, 0.3) is 0 Å². The van der Waals surface area contributed by atoms with Crippen LogP contribution in [0.3, 0.4) is 0 Å². The van der Waals surface area contributed by atoms with E-state index >= 15 is 0 Å². The van der Waals surface area contributed by atoms with Crippen molar-refractivity contribution in [2.75, 3.05) is 6.61 Å². The van der Waals surface area contributed by atoms with Crippen molar-refractivity contribution in [1.82, 2.24) is 5.32 Å². The first-order chi connectivity index (χ1) is 8.03. The molecule has 0 spiro atoms. The first kappa shape index (κ1) is 13.9. The maximum atomic E-state index is 11.4. The Kier molecular flexibility index (Phi) is 5.31. The summed E-state index contributed by atoms with van der Waals surface area (Å²) in [6.45, 7) is 3.43. The number of hydrogen-bond acceptors (Lipinski definition) is 4. The number of furan rings is 1. The summed E-state index contributed by atoms with van der Waals surface area (Å²) in [7, 11) is 0. The van der Waals surface area contributed by atoms with E-state index in [1.54, 1.807) is 25.5 Å². The molecule has 1 amide bonds. The van der Waals surface area contributed by atoms with Gasteiger partial charge >= 0.3 is 0 Å². The third kappa shape index (κ3) is 5.60. The number of amides is 1. The van der Waals surface area contributed by atoms with Gasteiger partial charge in [-0.3, -0.25) is 4.79 Å². The number of aliphatic hydroxyl groups excluding tert-OH is 1. The predicted octanol–water partition coefficient (Wildman–Crippen LogP) is 1.91. The zero-order chi connectivity index (χ0) is 12.7. The third-order valence-corrected chi connectivity index (χ3v) is 2.76. The highest BCUT2D eigenvalue weighted by Gasteiger charge is 2.17. The second-order valence-corrected chi connectivity index (χ2v) is 5.12. The van der Waals surface area contributed by atoms with E-state index in [1.807, 2.05) is 12.1 Å². The molecular formula is C12H17NO3S. The Balaban J connectivity index is 2.27. The average Bonchev–Trinajstić information content (AvgIpc) is 2.77. The van der Waals surface area contributed by atoms with E-state index in [9.17, 15) is 4.79 Å². The first-order valence-electron chi connectivity index (χ1n) is 5.27. The zero-order valence-corrected chi connectivity index (χ0v) is 10.8. The number of thioether (sulfide) groups is 1. The maximum Gasteiger partial charge on any atom is 0.244 e. The molecule has 0 aliphatic heterocycles. The Labute approximate surface area is 105 Å². The van der Waals surface area contributed by atoms with Gasteiger partial charge in [0.1, 0.15) is 5.76 Å². The van der Waals surface area contributed by atoms with Gasteiger partial charge in [-0.15, -0.1) is 11.8 Å². The van der Waals surface area contributed by atoms with Crippen LogP contribution in [0.15, 0.2) is 34.3 Å². The number of nitrogens with one attached hydrogen (secondary N) is 1. The molecule has 0 fully saturated rings. The van der Waals surface area contributed by atoms with E-state index in [0.29, 0.717) is 5.75 Å². The summed E-state index contributed by atoms with van der Waals surface area (Å²) in [5.41, 5.74) is -0.590. The number of carbonyl (C=O) groups excluding carboxylic acids is 1. The van der Waals surface area contributed by atoms with Gasteiger partial charge in [0.05, 0.1) is 24.2 Å². The van der Waals surface area contributed by atoms with Crippen LogP contribution in [0, 0.1) is 0 Å². The Morgan fingerprint density at radius 3 is 3.00 bits per heavy atom. The molecule has 1 aromatic rings. The Morgan fingerprint density at radius 1 is 1.65 bits per heavy atom. The molecule has 0 aliphatic carbocycles. The van der Waals surface area contributed by atoms with E-state index < -0.39 is 5.54 Å². The van der Waals surface area contributed by atoms with Crippen LogP contribution in [0.25, 0.3) is 0 Å². The van der Waals surface area contributed by atoms with Gasteiger partial charge < -0.3 is 14.8 Å². The van der Waals surface area contributed by atoms with Crippen molar-refractivity contribution in [3.05, 3.63) is 35.6 Å². The smallest absolute Gasteiger partial charge is 0.244 e. The van der Waals surface area contributed by atoms with E-state index in [0.717, 1.165) is 5.76 Å². The van der Waals surface area contributed by atoms with Gasteiger partial charge in [0, 0.05) is 6.08 Å². The Morgan fingerprint density at radius 2 is 2.41 bits per heavy atom. The second-order valence-electron chi connectivity index (χ2n) is 4.22. The lowest BCUT2D eigenvalue weighted by molar-refractivity contribution is -0.118. The zero-order valence-electron chi connectivity index (χ0n) is 9.97. The fourth-order valence-corrected chi connectivity index (χ4v) is 1.69. The monoisotopic (exact) mass is 255 g/mol. The van der Waals surface area contributed by atoms with Gasteiger partial charge in [-0.25, -0.2) is 0 Å². The van der Waals surface area contributed by atoms with Crippen LogP contribution in [0.2, 0.25) is 0 Å². The largest absolute Gasteiger partial charge is 0.468 e. The molecule has 1 rings (SSSR count). The summed E-state index contributed by atoms with van der Waals surface area (Å²) in [6, 6.07) is 3.71. The van der Waals surface area contributed by atoms with Crippen molar-refractivity contribution in [2.45, 2.75) is 25.1 Å². The van der Waals surface area contributed by atoms with Crippen molar-refractivity contribution < 1.29 is 14.3 Å². The number of hydrogen-bond donors (Lipinski definition) is 2. The summed E-state index contributed by atoms with van der Waals surface area (Å²) in [5.74, 6) is 1.35. The van der Waals surface area contributed by atoms with Crippen LogP contribution in [0.1, 0.15) is 19.6 Å². The van der Waals surface area contributed by atoms with Crippen LogP contribution in [0.5, 0.6) is 0 Å². The second kappa shape index (κ2) is 6.51. The molecule has 0 aromatic carbocycles. The molecule has 0 aliphatic rings. The standard InChI is InChI=1S/C12H17NO3S/c1-12(2,9-14)13-11(15)5-7-17-8-10-4-3-6-16-10/h3-7,14H,8-9H2,1-2H3,(H,13,15)/b7-5+. The first-order valence-corrected chi connectivity index (χ1v) is 6.32. The maximum absolute atomic E-state index is 11.4. The lowest BCUT2D eigenvalue weighted by atomic mass is 10.1. The molecule has 4 nitrogen and oxygen atoms in total. The normalized spacial score (nSPS) is 11.9. The third-order valence-electron chi connectivity index (χ3n) is 1.98. The van der Waals surface area contributed by atoms with E-state index in [1.165, 1.54) is 17.8 Å². The van der Waals surface area contributed by atoms with Crippen LogP contribution < -0.4 is 5.32 Å².